The fourth-order valence-corrected chi connectivity index (χ4v) is 1.24. The van der Waals surface area contributed by atoms with Crippen LogP contribution in [0.25, 0.3) is 0 Å². The average molecular weight is 212 g/mol. The number of halogens is 1. The Labute approximate surface area is 87.3 Å². The van der Waals surface area contributed by atoms with E-state index >= 15 is 0 Å². The van der Waals surface area contributed by atoms with Gasteiger partial charge in [0.25, 0.3) is 0 Å². The zero-order valence-electron chi connectivity index (χ0n) is 8.44. The number of esters is 1. The van der Waals surface area contributed by atoms with Crippen LogP contribution in [0.3, 0.4) is 0 Å². The molecule has 0 bridgehead atoms. The van der Waals surface area contributed by atoms with Crippen LogP contribution in [-0.4, -0.2) is 24.6 Å². The van der Waals surface area contributed by atoms with E-state index in [1.165, 1.54) is 25.4 Å². The number of rotatable bonds is 4. The minimum atomic E-state index is -0.386. The molecule has 0 saturated heterocycles. The maximum atomic E-state index is 12.9. The lowest BCUT2D eigenvalue weighted by molar-refractivity contribution is -0.141. The van der Waals surface area contributed by atoms with E-state index in [1.807, 2.05) is 0 Å². The van der Waals surface area contributed by atoms with Crippen LogP contribution in [0.5, 0.6) is 0 Å². The van der Waals surface area contributed by atoms with Gasteiger partial charge in [-0.1, -0.05) is 0 Å². The van der Waals surface area contributed by atoms with E-state index in [2.05, 4.69) is 9.72 Å². The molecule has 0 aliphatic heterocycles. The van der Waals surface area contributed by atoms with Gasteiger partial charge in [0.1, 0.15) is 5.82 Å². The molecule has 15 heavy (non-hydrogen) atoms. The molecule has 1 aromatic heterocycles. The molecule has 1 aromatic rings. The quantitative estimate of drug-likeness (QED) is 0.750. The van der Waals surface area contributed by atoms with E-state index in [-0.39, 0.29) is 30.7 Å². The Morgan fingerprint density at radius 3 is 3.00 bits per heavy atom. The van der Waals surface area contributed by atoms with Gasteiger partial charge in [0.05, 0.1) is 13.5 Å². The van der Waals surface area contributed by atoms with Crippen LogP contribution in [0.4, 0.5) is 4.39 Å². The maximum Gasteiger partial charge on any atom is 0.306 e. The molecule has 0 radical (unpaired) electrons. The average Bonchev–Trinajstić information content (AvgIpc) is 2.25. The van der Waals surface area contributed by atoms with E-state index < -0.39 is 0 Å². The number of aromatic nitrogens is 1. The molecule has 5 heteroatoms. The second kappa shape index (κ2) is 5.41. The molecule has 1 heterocycles. The van der Waals surface area contributed by atoms with Crippen LogP contribution in [0, 0.1) is 5.82 Å². The molecule has 2 N–H and O–H groups in total. The van der Waals surface area contributed by atoms with Crippen LogP contribution >= 0.6 is 0 Å². The number of carbonyl (C=O) groups excluding carboxylic acids is 1. The summed E-state index contributed by atoms with van der Waals surface area (Å²) in [5.74, 6) is -1.06. The van der Waals surface area contributed by atoms with Crippen molar-refractivity contribution in [2.75, 3.05) is 13.7 Å². The number of pyridine rings is 1. The summed E-state index contributed by atoms with van der Waals surface area (Å²) in [7, 11) is 1.30. The van der Waals surface area contributed by atoms with Gasteiger partial charge < -0.3 is 10.5 Å². The number of carbonyl (C=O) groups is 1. The summed E-state index contributed by atoms with van der Waals surface area (Å²) in [5, 5.41) is 0. The summed E-state index contributed by atoms with van der Waals surface area (Å²) in [6.45, 7) is 0.228. The second-order valence-corrected chi connectivity index (χ2v) is 3.11. The van der Waals surface area contributed by atoms with Crippen LogP contribution in [0.15, 0.2) is 18.3 Å². The number of ether oxygens (including phenoxy) is 1. The van der Waals surface area contributed by atoms with Gasteiger partial charge in [0.2, 0.25) is 0 Å². The first-order chi connectivity index (χ1) is 7.17. The summed E-state index contributed by atoms with van der Waals surface area (Å²) >= 11 is 0. The molecule has 1 atom stereocenters. The monoisotopic (exact) mass is 212 g/mol. The Balaban J connectivity index is 2.78. The highest BCUT2D eigenvalue weighted by Crippen LogP contribution is 2.17. The van der Waals surface area contributed by atoms with Crippen molar-refractivity contribution >= 4 is 5.97 Å². The largest absolute Gasteiger partial charge is 0.469 e. The first-order valence-electron chi connectivity index (χ1n) is 4.55. The molecular weight excluding hydrogens is 199 g/mol. The van der Waals surface area contributed by atoms with Gasteiger partial charge in [-0.15, -0.1) is 0 Å². The maximum absolute atomic E-state index is 12.9. The third kappa shape index (κ3) is 3.28. The molecule has 0 aromatic carbocycles. The van der Waals surface area contributed by atoms with Gasteiger partial charge in [-0.3, -0.25) is 9.78 Å². The molecule has 0 amide bonds. The molecule has 0 fully saturated rings. The molecule has 4 nitrogen and oxygen atoms in total. The van der Waals surface area contributed by atoms with E-state index in [4.69, 9.17) is 5.73 Å². The summed E-state index contributed by atoms with van der Waals surface area (Å²) < 4.78 is 17.4. The Kier molecular flexibility index (Phi) is 4.17. The molecular formula is C10H13FN2O2. The predicted octanol–water partition coefficient (Wildman–Crippen LogP) is 0.826. The van der Waals surface area contributed by atoms with Crippen molar-refractivity contribution < 1.29 is 13.9 Å². The van der Waals surface area contributed by atoms with E-state index in [9.17, 15) is 9.18 Å². The van der Waals surface area contributed by atoms with Gasteiger partial charge in [0, 0.05) is 24.4 Å². The van der Waals surface area contributed by atoms with Crippen molar-refractivity contribution in [2.45, 2.75) is 12.3 Å². The lowest BCUT2D eigenvalue weighted by atomic mass is 10.0. The molecule has 1 unspecified atom stereocenters. The fourth-order valence-electron chi connectivity index (χ4n) is 1.24. The van der Waals surface area contributed by atoms with Crippen molar-refractivity contribution in [3.8, 4) is 0 Å². The first kappa shape index (κ1) is 11.6. The first-order valence-corrected chi connectivity index (χ1v) is 4.55. The zero-order chi connectivity index (χ0) is 11.3. The number of hydrogen-bond acceptors (Lipinski definition) is 4. The minimum Gasteiger partial charge on any atom is -0.469 e. The van der Waals surface area contributed by atoms with Gasteiger partial charge in [-0.2, -0.15) is 0 Å². The zero-order valence-corrected chi connectivity index (χ0v) is 8.44. The molecule has 0 aliphatic carbocycles. The molecule has 0 spiro atoms. The molecule has 1 rings (SSSR count). The topological polar surface area (TPSA) is 65.2 Å². The highest BCUT2D eigenvalue weighted by atomic mass is 19.1. The molecule has 0 aliphatic rings. The van der Waals surface area contributed by atoms with Gasteiger partial charge in [0.15, 0.2) is 0 Å². The summed E-state index contributed by atoms with van der Waals surface area (Å²) in [6.07, 6.45) is 1.47. The number of hydrogen-bond donors (Lipinski definition) is 1. The van der Waals surface area contributed by atoms with Crippen LogP contribution in [0.2, 0.25) is 0 Å². The summed E-state index contributed by atoms with van der Waals surface area (Å²) in [5.41, 5.74) is 5.96. The van der Waals surface area contributed by atoms with Gasteiger partial charge in [-0.25, -0.2) is 4.39 Å². The number of nitrogens with zero attached hydrogens (tertiary/aromatic N) is 1. The Morgan fingerprint density at radius 2 is 2.47 bits per heavy atom. The standard InChI is InChI=1S/C10H13FN2O2/c1-15-10(14)4-7(6-12)9-5-8(11)2-3-13-9/h2-3,5,7H,4,6,12H2,1H3. The van der Waals surface area contributed by atoms with E-state index in [0.29, 0.717) is 5.69 Å². The lowest BCUT2D eigenvalue weighted by Gasteiger charge is -2.12. The number of nitrogens with two attached hydrogens (primary N) is 1. The fraction of sp³-hybridized carbons (Fsp3) is 0.400. The van der Waals surface area contributed by atoms with Crippen molar-refractivity contribution in [1.29, 1.82) is 0 Å². The minimum absolute atomic E-state index is 0.115. The van der Waals surface area contributed by atoms with Crippen molar-refractivity contribution in [3.05, 3.63) is 29.8 Å². The molecule has 82 valence electrons. The Morgan fingerprint density at radius 1 is 1.73 bits per heavy atom. The highest BCUT2D eigenvalue weighted by Gasteiger charge is 2.16. The van der Waals surface area contributed by atoms with Crippen LogP contribution in [-0.2, 0) is 9.53 Å². The Bertz CT molecular complexity index is 344. The van der Waals surface area contributed by atoms with Crippen molar-refractivity contribution in [2.24, 2.45) is 5.73 Å². The number of methoxy groups -OCH3 is 1. The van der Waals surface area contributed by atoms with E-state index in [1.54, 1.807) is 0 Å². The summed E-state index contributed by atoms with van der Waals surface area (Å²) in [6, 6.07) is 2.52. The van der Waals surface area contributed by atoms with Gasteiger partial charge in [-0.05, 0) is 12.1 Å². The third-order valence-electron chi connectivity index (χ3n) is 2.09. The third-order valence-corrected chi connectivity index (χ3v) is 2.09. The second-order valence-electron chi connectivity index (χ2n) is 3.11. The summed E-state index contributed by atoms with van der Waals surface area (Å²) in [4.78, 5) is 15.0. The van der Waals surface area contributed by atoms with Crippen LogP contribution in [0.1, 0.15) is 18.0 Å². The van der Waals surface area contributed by atoms with Gasteiger partial charge >= 0.3 is 5.97 Å². The van der Waals surface area contributed by atoms with Crippen molar-refractivity contribution in [1.82, 2.24) is 4.98 Å². The predicted molar refractivity (Wildman–Crippen MR) is 52.6 cm³/mol. The smallest absolute Gasteiger partial charge is 0.306 e. The van der Waals surface area contributed by atoms with Crippen LogP contribution < -0.4 is 5.73 Å². The normalized spacial score (nSPS) is 12.2. The highest BCUT2D eigenvalue weighted by molar-refractivity contribution is 5.70. The SMILES string of the molecule is COC(=O)CC(CN)c1cc(F)ccn1. The molecule has 0 saturated carbocycles. The Hall–Kier alpha value is -1.49. The van der Waals surface area contributed by atoms with Crippen molar-refractivity contribution in [3.63, 3.8) is 0 Å². The lowest BCUT2D eigenvalue weighted by Crippen LogP contribution is -2.18. The van der Waals surface area contributed by atoms with E-state index in [0.717, 1.165) is 0 Å².